The fourth-order valence-electron chi connectivity index (χ4n) is 4.74. The first-order chi connectivity index (χ1) is 26.4. The van der Waals surface area contributed by atoms with E-state index in [0.29, 0.717) is 36.7 Å². The van der Waals surface area contributed by atoms with Crippen molar-refractivity contribution in [2.75, 3.05) is 47.5 Å². The number of phosphoric ester groups is 1. The summed E-state index contributed by atoms with van der Waals surface area (Å²) in [6.45, 7) is 3.85. The molecule has 2 unspecified atom stereocenters. The molecular formula is C44H74NO9P. The number of nitrogens with zero attached hydrogens (tertiary/aromatic N) is 1. The maximum absolute atomic E-state index is 12.6. The molecule has 0 saturated carbocycles. The third-order valence-corrected chi connectivity index (χ3v) is 8.96. The van der Waals surface area contributed by atoms with Gasteiger partial charge in [-0.15, -0.1) is 0 Å². The van der Waals surface area contributed by atoms with Crippen molar-refractivity contribution in [2.45, 2.75) is 135 Å². The number of phosphoric acid groups is 1. The minimum atomic E-state index is -4.66. The summed E-state index contributed by atoms with van der Waals surface area (Å²) < 4.78 is 33.6. The van der Waals surface area contributed by atoms with Gasteiger partial charge in [-0.1, -0.05) is 131 Å². The number of esters is 2. The number of aliphatic hydroxyl groups excluding tert-OH is 1. The van der Waals surface area contributed by atoms with Gasteiger partial charge in [0.1, 0.15) is 19.8 Å². The monoisotopic (exact) mass is 792 g/mol. The summed E-state index contributed by atoms with van der Waals surface area (Å²) in [7, 11) is 1.07. The lowest BCUT2D eigenvalue weighted by Gasteiger charge is -2.28. The number of allylic oxidation sites excluding steroid dienone is 12. The molecule has 0 heterocycles. The van der Waals surface area contributed by atoms with Crippen molar-refractivity contribution in [3.8, 4) is 0 Å². The average molecular weight is 792 g/mol. The van der Waals surface area contributed by atoms with E-state index in [4.69, 9.17) is 18.5 Å². The predicted octanol–water partition coefficient (Wildman–Crippen LogP) is 9.58. The first-order valence-corrected chi connectivity index (χ1v) is 21.9. The van der Waals surface area contributed by atoms with Crippen molar-refractivity contribution in [3.05, 3.63) is 85.1 Å². The van der Waals surface area contributed by atoms with Gasteiger partial charge in [-0.25, -0.2) is 0 Å². The normalized spacial score (nSPS) is 15.1. The first kappa shape index (κ1) is 52.2. The predicted molar refractivity (Wildman–Crippen MR) is 223 cm³/mol. The molecule has 0 bridgehead atoms. The highest BCUT2D eigenvalue weighted by atomic mass is 31.2. The topological polar surface area (TPSA) is 131 Å². The van der Waals surface area contributed by atoms with Crippen molar-refractivity contribution < 1.29 is 47.2 Å². The van der Waals surface area contributed by atoms with Gasteiger partial charge in [0, 0.05) is 12.8 Å². The van der Waals surface area contributed by atoms with Gasteiger partial charge < -0.3 is 33.0 Å². The second kappa shape index (κ2) is 35.6. The van der Waals surface area contributed by atoms with Crippen molar-refractivity contribution in [3.63, 3.8) is 0 Å². The molecular weight excluding hydrogens is 717 g/mol. The van der Waals surface area contributed by atoms with Gasteiger partial charge in [0.2, 0.25) is 0 Å². The molecule has 0 aromatic heterocycles. The van der Waals surface area contributed by atoms with Crippen LogP contribution in [0, 0.1) is 0 Å². The molecule has 0 fully saturated rings. The zero-order valence-electron chi connectivity index (χ0n) is 34.7. The Labute approximate surface area is 333 Å². The van der Waals surface area contributed by atoms with E-state index in [1.807, 2.05) is 69.8 Å². The summed E-state index contributed by atoms with van der Waals surface area (Å²) in [5.74, 6) is -0.985. The Morgan fingerprint density at radius 2 is 1.31 bits per heavy atom. The smallest absolute Gasteiger partial charge is 0.306 e. The number of hydrogen-bond donors (Lipinski definition) is 1. The van der Waals surface area contributed by atoms with Crippen LogP contribution in [-0.4, -0.2) is 81.2 Å². The summed E-state index contributed by atoms with van der Waals surface area (Å²) in [6, 6.07) is 0. The number of ether oxygens (including phenoxy) is 2. The molecule has 314 valence electrons. The van der Waals surface area contributed by atoms with E-state index in [0.717, 1.165) is 57.8 Å². The number of likely N-dealkylation sites (N-methyl/N-ethyl adjacent to an activating group) is 1. The zero-order chi connectivity index (χ0) is 40.9. The highest BCUT2D eigenvalue weighted by Gasteiger charge is 2.21. The molecule has 1 N–H and O–H groups in total. The van der Waals surface area contributed by atoms with Gasteiger partial charge in [-0.05, 0) is 64.2 Å². The Hall–Kier alpha value is -2.85. The third kappa shape index (κ3) is 39.2. The van der Waals surface area contributed by atoms with Crippen LogP contribution in [0.3, 0.4) is 0 Å². The lowest BCUT2D eigenvalue weighted by atomic mass is 10.1. The molecule has 0 aromatic carbocycles. The number of hydrogen-bond acceptors (Lipinski definition) is 9. The summed E-state index contributed by atoms with van der Waals surface area (Å²) in [6.07, 6.45) is 40.9. The molecule has 0 aromatic rings. The lowest BCUT2D eigenvalue weighted by Crippen LogP contribution is -2.37. The van der Waals surface area contributed by atoms with E-state index in [2.05, 4.69) is 44.2 Å². The Morgan fingerprint density at radius 1 is 0.691 bits per heavy atom. The highest BCUT2D eigenvalue weighted by Crippen LogP contribution is 2.38. The van der Waals surface area contributed by atoms with Gasteiger partial charge in [0.25, 0.3) is 7.82 Å². The van der Waals surface area contributed by atoms with E-state index >= 15 is 0 Å². The fraction of sp³-hybridized carbons (Fsp3) is 0.636. The molecule has 0 rings (SSSR count). The van der Waals surface area contributed by atoms with Crippen LogP contribution in [0.5, 0.6) is 0 Å². The van der Waals surface area contributed by atoms with E-state index in [1.54, 1.807) is 6.08 Å². The van der Waals surface area contributed by atoms with Crippen LogP contribution >= 0.6 is 7.82 Å². The summed E-state index contributed by atoms with van der Waals surface area (Å²) in [5, 5.41) is 10.00. The van der Waals surface area contributed by atoms with Crippen molar-refractivity contribution in [2.24, 2.45) is 0 Å². The number of rotatable bonds is 35. The molecule has 0 amide bonds. The number of carbonyl (C=O) groups excluding carboxylic acids is 2. The van der Waals surface area contributed by atoms with Crippen LogP contribution in [0.4, 0.5) is 0 Å². The molecule has 10 nitrogen and oxygen atoms in total. The Kier molecular flexibility index (Phi) is 33.7. The Bertz CT molecular complexity index is 1230. The molecule has 0 aliphatic rings. The summed E-state index contributed by atoms with van der Waals surface area (Å²) in [5.41, 5.74) is 0. The Balaban J connectivity index is 4.62. The van der Waals surface area contributed by atoms with Crippen molar-refractivity contribution >= 4 is 19.8 Å². The molecule has 55 heavy (non-hydrogen) atoms. The number of aliphatic hydroxyl groups is 1. The largest absolute Gasteiger partial charge is 0.756 e. The quantitative estimate of drug-likeness (QED) is 0.0167. The molecule has 0 spiro atoms. The van der Waals surface area contributed by atoms with E-state index in [9.17, 15) is 24.2 Å². The standard InChI is InChI=1S/C44H74NO9P/c1-6-8-10-12-14-15-16-20-23-27-31-35-43(47)51-39-42(40-53-55(49,50)52-38-37-45(3,4)5)54-44(48)36-32-28-24-21-18-17-19-22-26-30-34-41(46)33-29-25-13-11-9-7-2/h9,11-12,14,17-18,22,24-26,28-30,34,41-42,46H,6-8,10,13,15-16,19-21,23,27,31-33,35-40H2,1-5H3/b11-9-,14-12-,18-17-,26-22-,28-24-,29-25-,34-30+/t41?,42-/m1/s1. The second-order valence-corrected chi connectivity index (χ2v) is 15.9. The summed E-state index contributed by atoms with van der Waals surface area (Å²) >= 11 is 0. The van der Waals surface area contributed by atoms with E-state index in [1.165, 1.54) is 12.8 Å². The number of unbranched alkanes of at least 4 members (excludes halogenated alkanes) is 7. The highest BCUT2D eigenvalue weighted by molar-refractivity contribution is 7.45. The summed E-state index contributed by atoms with van der Waals surface area (Å²) in [4.78, 5) is 37.4. The average Bonchev–Trinajstić information content (AvgIpc) is 3.13. The van der Waals surface area contributed by atoms with Crippen LogP contribution in [-0.2, 0) is 32.7 Å². The third-order valence-electron chi connectivity index (χ3n) is 7.99. The SMILES string of the molecule is CC/C=C\C/C=C\CC(O)/C=C/C=C\C/C=C\C/C=C\CCC(=O)O[C@H](COC(=O)CCCCCCC/C=C\CCCC)COP(=O)([O-])OCC[N+](C)(C)C. The minimum Gasteiger partial charge on any atom is -0.756 e. The van der Waals surface area contributed by atoms with Crippen LogP contribution in [0.1, 0.15) is 123 Å². The first-order valence-electron chi connectivity index (χ1n) is 20.4. The van der Waals surface area contributed by atoms with Crippen LogP contribution in [0.2, 0.25) is 0 Å². The second-order valence-electron chi connectivity index (χ2n) is 14.5. The van der Waals surface area contributed by atoms with Crippen molar-refractivity contribution in [1.82, 2.24) is 0 Å². The molecule has 0 aliphatic heterocycles. The number of carbonyl (C=O) groups is 2. The van der Waals surface area contributed by atoms with Gasteiger partial charge in [-0.2, -0.15) is 0 Å². The Morgan fingerprint density at radius 3 is 2.02 bits per heavy atom. The van der Waals surface area contributed by atoms with Gasteiger partial charge >= 0.3 is 11.9 Å². The minimum absolute atomic E-state index is 0.0594. The maximum Gasteiger partial charge on any atom is 0.306 e. The lowest BCUT2D eigenvalue weighted by molar-refractivity contribution is -0.870. The zero-order valence-corrected chi connectivity index (χ0v) is 35.6. The van der Waals surface area contributed by atoms with Gasteiger partial charge in [-0.3, -0.25) is 14.2 Å². The van der Waals surface area contributed by atoms with E-state index < -0.39 is 38.6 Å². The van der Waals surface area contributed by atoms with Crippen molar-refractivity contribution in [1.29, 1.82) is 0 Å². The fourth-order valence-corrected chi connectivity index (χ4v) is 5.47. The molecule has 0 radical (unpaired) electrons. The van der Waals surface area contributed by atoms with Gasteiger partial charge in [0.05, 0.1) is 33.9 Å². The molecule has 0 aliphatic carbocycles. The maximum atomic E-state index is 12.6. The van der Waals surface area contributed by atoms with Gasteiger partial charge in [0.15, 0.2) is 6.10 Å². The van der Waals surface area contributed by atoms with Crippen LogP contribution in [0.25, 0.3) is 0 Å². The number of quaternary nitrogens is 1. The molecule has 11 heteroatoms. The van der Waals surface area contributed by atoms with Crippen LogP contribution < -0.4 is 4.89 Å². The van der Waals surface area contributed by atoms with Crippen LogP contribution in [0.15, 0.2) is 85.1 Å². The van der Waals surface area contributed by atoms with E-state index in [-0.39, 0.29) is 26.1 Å². The molecule has 0 saturated heterocycles. The molecule has 3 atom stereocenters.